The molecule has 1 atom stereocenters. The Morgan fingerprint density at radius 2 is 1.50 bits per heavy atom. The molecule has 0 saturated carbocycles. The van der Waals surface area contributed by atoms with Crippen molar-refractivity contribution in [2.24, 2.45) is 0 Å². The zero-order valence-electron chi connectivity index (χ0n) is 18.5. The van der Waals surface area contributed by atoms with E-state index in [0.29, 0.717) is 23.9 Å². The molecule has 1 unspecified atom stereocenters. The van der Waals surface area contributed by atoms with Gasteiger partial charge in [-0.25, -0.2) is 0 Å². The van der Waals surface area contributed by atoms with Crippen LogP contribution >= 0.6 is 11.6 Å². The summed E-state index contributed by atoms with van der Waals surface area (Å²) in [4.78, 5) is 2.47. The van der Waals surface area contributed by atoms with Crippen molar-refractivity contribution in [2.45, 2.75) is 12.6 Å². The number of rotatable bonds is 8. The Balaban J connectivity index is 1.71. The fourth-order valence-electron chi connectivity index (χ4n) is 4.13. The molecule has 0 bridgehead atoms. The molecule has 0 spiro atoms. The van der Waals surface area contributed by atoms with Crippen molar-refractivity contribution in [2.75, 3.05) is 40.4 Å². The largest absolute Gasteiger partial charge is 0.493 e. The molecular formula is C26H29ClN2O3. The third-order valence-corrected chi connectivity index (χ3v) is 5.98. The first-order valence-corrected chi connectivity index (χ1v) is 11.2. The summed E-state index contributed by atoms with van der Waals surface area (Å²) in [6.45, 7) is 4.24. The van der Waals surface area contributed by atoms with E-state index < -0.39 is 0 Å². The summed E-state index contributed by atoms with van der Waals surface area (Å²) in [6, 6.07) is 22.3. The van der Waals surface area contributed by atoms with Crippen molar-refractivity contribution in [1.29, 1.82) is 0 Å². The summed E-state index contributed by atoms with van der Waals surface area (Å²) < 4.78 is 17.7. The number of ether oxygens (including phenoxy) is 3. The van der Waals surface area contributed by atoms with Crippen molar-refractivity contribution < 1.29 is 14.2 Å². The summed E-state index contributed by atoms with van der Waals surface area (Å²) in [5.41, 5.74) is 3.36. The molecule has 3 aromatic carbocycles. The van der Waals surface area contributed by atoms with Crippen molar-refractivity contribution in [3.63, 3.8) is 0 Å². The van der Waals surface area contributed by atoms with Crippen LogP contribution in [0.5, 0.6) is 17.2 Å². The smallest absolute Gasteiger partial charge is 0.203 e. The Kier molecular flexibility index (Phi) is 7.53. The van der Waals surface area contributed by atoms with Gasteiger partial charge in [-0.05, 0) is 41.0 Å². The Labute approximate surface area is 194 Å². The third-order valence-electron chi connectivity index (χ3n) is 5.73. The monoisotopic (exact) mass is 452 g/mol. The van der Waals surface area contributed by atoms with Crippen LogP contribution in [0.15, 0.2) is 66.7 Å². The fourth-order valence-corrected chi connectivity index (χ4v) is 4.26. The van der Waals surface area contributed by atoms with E-state index in [1.165, 1.54) is 5.56 Å². The lowest BCUT2D eigenvalue weighted by molar-refractivity contribution is 0.197. The third kappa shape index (κ3) is 5.18. The molecule has 0 aliphatic carbocycles. The van der Waals surface area contributed by atoms with Gasteiger partial charge < -0.3 is 19.5 Å². The molecule has 4 rings (SSSR count). The predicted molar refractivity (Wildman–Crippen MR) is 128 cm³/mol. The number of hydrogen-bond acceptors (Lipinski definition) is 5. The first kappa shape index (κ1) is 22.5. The summed E-state index contributed by atoms with van der Waals surface area (Å²) in [6.07, 6.45) is 0. The maximum atomic E-state index is 6.17. The summed E-state index contributed by atoms with van der Waals surface area (Å²) in [5.74, 6) is 1.92. The molecule has 6 heteroatoms. The molecule has 5 nitrogen and oxygen atoms in total. The van der Waals surface area contributed by atoms with Gasteiger partial charge in [0.25, 0.3) is 0 Å². The number of piperazine rings is 1. The van der Waals surface area contributed by atoms with Gasteiger partial charge in [-0.1, -0.05) is 54.1 Å². The van der Waals surface area contributed by atoms with Gasteiger partial charge in [0.05, 0.1) is 20.3 Å². The lowest BCUT2D eigenvalue weighted by atomic mass is 9.95. The molecule has 1 saturated heterocycles. The highest BCUT2D eigenvalue weighted by molar-refractivity contribution is 6.30. The lowest BCUT2D eigenvalue weighted by Crippen LogP contribution is -2.45. The molecule has 168 valence electrons. The molecular weight excluding hydrogens is 424 g/mol. The van der Waals surface area contributed by atoms with Crippen LogP contribution in [-0.4, -0.2) is 45.3 Å². The molecule has 1 fully saturated rings. The summed E-state index contributed by atoms with van der Waals surface area (Å²) >= 11 is 6.17. The van der Waals surface area contributed by atoms with E-state index in [0.717, 1.165) is 42.3 Å². The predicted octanol–water partition coefficient (Wildman–Crippen LogP) is 4.93. The van der Waals surface area contributed by atoms with Gasteiger partial charge in [-0.2, -0.15) is 0 Å². The first-order chi connectivity index (χ1) is 15.7. The highest BCUT2D eigenvalue weighted by atomic mass is 35.5. The van der Waals surface area contributed by atoms with Crippen molar-refractivity contribution >= 4 is 11.6 Å². The standard InChI is InChI=1S/C26H29ClN2O3/c1-30-23-16-21(17-24(31-2)26(23)32-18-19-6-4-3-5-7-19)25(29-14-12-28-13-15-29)20-8-10-22(27)11-9-20/h3-11,16-17,25,28H,12-15,18H2,1-2H3. The maximum Gasteiger partial charge on any atom is 0.203 e. The van der Waals surface area contributed by atoms with E-state index in [1.54, 1.807) is 14.2 Å². The molecule has 3 aromatic rings. The zero-order chi connectivity index (χ0) is 22.3. The molecule has 0 amide bonds. The maximum absolute atomic E-state index is 6.17. The number of nitrogens with zero attached hydrogens (tertiary/aromatic N) is 1. The van der Waals surface area contributed by atoms with Crippen LogP contribution in [0.2, 0.25) is 5.02 Å². The van der Waals surface area contributed by atoms with Gasteiger partial charge in [0.15, 0.2) is 11.5 Å². The van der Waals surface area contributed by atoms with E-state index in [1.807, 2.05) is 42.5 Å². The number of methoxy groups -OCH3 is 2. The topological polar surface area (TPSA) is 43.0 Å². The number of hydrogen-bond donors (Lipinski definition) is 1. The minimum Gasteiger partial charge on any atom is -0.493 e. The minimum absolute atomic E-state index is 0.0559. The fraction of sp³-hybridized carbons (Fsp3) is 0.308. The van der Waals surface area contributed by atoms with Crippen LogP contribution in [0.3, 0.4) is 0 Å². The van der Waals surface area contributed by atoms with E-state index in [4.69, 9.17) is 25.8 Å². The lowest BCUT2D eigenvalue weighted by Gasteiger charge is -2.36. The highest BCUT2D eigenvalue weighted by Gasteiger charge is 2.27. The average Bonchev–Trinajstić information content (AvgIpc) is 2.85. The van der Waals surface area contributed by atoms with Crippen molar-refractivity contribution in [3.05, 3.63) is 88.4 Å². The van der Waals surface area contributed by atoms with Gasteiger partial charge in [-0.15, -0.1) is 0 Å². The van der Waals surface area contributed by atoms with Gasteiger partial charge >= 0.3 is 0 Å². The number of nitrogens with one attached hydrogen (secondary N) is 1. The Morgan fingerprint density at radius 1 is 0.875 bits per heavy atom. The molecule has 0 radical (unpaired) electrons. The van der Waals surface area contributed by atoms with Crippen LogP contribution in [0, 0.1) is 0 Å². The quantitative estimate of drug-likeness (QED) is 0.525. The Morgan fingerprint density at radius 3 is 2.09 bits per heavy atom. The zero-order valence-corrected chi connectivity index (χ0v) is 19.3. The van der Waals surface area contributed by atoms with Crippen LogP contribution < -0.4 is 19.5 Å². The molecule has 1 aliphatic rings. The van der Waals surface area contributed by atoms with Gasteiger partial charge in [0.2, 0.25) is 5.75 Å². The second kappa shape index (κ2) is 10.7. The van der Waals surface area contributed by atoms with Crippen molar-refractivity contribution in [1.82, 2.24) is 10.2 Å². The van der Waals surface area contributed by atoms with Crippen LogP contribution in [0.1, 0.15) is 22.7 Å². The Bertz CT molecular complexity index is 980. The second-order valence-electron chi connectivity index (χ2n) is 7.77. The van der Waals surface area contributed by atoms with Crippen LogP contribution in [-0.2, 0) is 6.61 Å². The normalized spacial score (nSPS) is 15.2. The minimum atomic E-state index is 0.0559. The van der Waals surface area contributed by atoms with Gasteiger partial charge in [-0.3, -0.25) is 4.90 Å². The van der Waals surface area contributed by atoms with Crippen molar-refractivity contribution in [3.8, 4) is 17.2 Å². The molecule has 0 aromatic heterocycles. The van der Waals surface area contributed by atoms with Gasteiger partial charge in [0, 0.05) is 31.2 Å². The van der Waals surface area contributed by atoms with Crippen LogP contribution in [0.25, 0.3) is 0 Å². The first-order valence-electron chi connectivity index (χ1n) is 10.8. The second-order valence-corrected chi connectivity index (χ2v) is 8.21. The highest BCUT2D eigenvalue weighted by Crippen LogP contribution is 2.43. The molecule has 1 heterocycles. The van der Waals surface area contributed by atoms with E-state index in [-0.39, 0.29) is 6.04 Å². The van der Waals surface area contributed by atoms with Crippen LogP contribution in [0.4, 0.5) is 0 Å². The average molecular weight is 453 g/mol. The van der Waals surface area contributed by atoms with E-state index in [9.17, 15) is 0 Å². The number of halogens is 1. The van der Waals surface area contributed by atoms with E-state index in [2.05, 4.69) is 34.5 Å². The molecule has 32 heavy (non-hydrogen) atoms. The Hall–Kier alpha value is -2.73. The molecule has 1 N–H and O–H groups in total. The number of benzene rings is 3. The van der Waals surface area contributed by atoms with E-state index >= 15 is 0 Å². The summed E-state index contributed by atoms with van der Waals surface area (Å²) in [5, 5.41) is 4.17. The molecule has 1 aliphatic heterocycles. The SMILES string of the molecule is COc1cc(C(c2ccc(Cl)cc2)N2CCNCC2)cc(OC)c1OCc1ccccc1. The van der Waals surface area contributed by atoms with Gasteiger partial charge in [0.1, 0.15) is 6.61 Å². The summed E-state index contributed by atoms with van der Waals surface area (Å²) in [7, 11) is 3.33.